The highest BCUT2D eigenvalue weighted by Gasteiger charge is 2.10. The lowest BCUT2D eigenvalue weighted by molar-refractivity contribution is -0.121. The van der Waals surface area contributed by atoms with E-state index in [9.17, 15) is 4.79 Å². The van der Waals surface area contributed by atoms with E-state index in [1.165, 1.54) is 5.56 Å². The molecule has 0 bridgehead atoms. The van der Waals surface area contributed by atoms with Crippen LogP contribution < -0.4 is 11.1 Å². The Kier molecular flexibility index (Phi) is 5.38. The second kappa shape index (κ2) is 7.48. The normalized spacial score (nSPS) is 11.9. The summed E-state index contributed by atoms with van der Waals surface area (Å²) < 4.78 is 0. The summed E-state index contributed by atoms with van der Waals surface area (Å²) in [7, 11) is 0. The Hall–Kier alpha value is -2.29. The molecule has 0 radical (unpaired) electrons. The predicted octanol–water partition coefficient (Wildman–Crippen LogP) is 3.12. The second-order valence-corrected chi connectivity index (χ2v) is 5.36. The molecule has 3 nitrogen and oxygen atoms in total. The fraction of sp³-hybridized carbons (Fsp3) is 0.278. The molecule has 0 aliphatic carbocycles. The van der Waals surface area contributed by atoms with Crippen LogP contribution in [0.25, 0.3) is 0 Å². The maximum Gasteiger partial charge on any atom is 0.220 e. The maximum absolute atomic E-state index is 11.9. The number of hydrogen-bond acceptors (Lipinski definition) is 2. The number of hydrogen-bond donors (Lipinski definition) is 2. The number of anilines is 1. The molecule has 0 fully saturated rings. The molecule has 3 heteroatoms. The van der Waals surface area contributed by atoms with Gasteiger partial charge in [-0.1, -0.05) is 49.4 Å². The van der Waals surface area contributed by atoms with E-state index >= 15 is 0 Å². The van der Waals surface area contributed by atoms with E-state index in [2.05, 4.69) is 24.4 Å². The molecule has 2 rings (SSSR count). The first kappa shape index (κ1) is 15.1. The highest BCUT2D eigenvalue weighted by atomic mass is 16.1. The van der Waals surface area contributed by atoms with Crippen LogP contribution >= 0.6 is 0 Å². The minimum atomic E-state index is 0.0928. The third-order valence-electron chi connectivity index (χ3n) is 3.58. The van der Waals surface area contributed by atoms with Crippen molar-refractivity contribution in [2.75, 3.05) is 12.3 Å². The quantitative estimate of drug-likeness (QED) is 0.800. The molecular formula is C18H22N2O. The average molecular weight is 282 g/mol. The molecule has 21 heavy (non-hydrogen) atoms. The van der Waals surface area contributed by atoms with Gasteiger partial charge in [0.2, 0.25) is 5.91 Å². The van der Waals surface area contributed by atoms with Crippen molar-refractivity contribution in [2.45, 2.75) is 25.7 Å². The molecule has 0 heterocycles. The SMILES string of the molecule is CC(CC(=O)NCCc1ccccc1)c1ccc(N)cc1. The van der Waals surface area contributed by atoms with Crippen LogP contribution in [0, 0.1) is 0 Å². The highest BCUT2D eigenvalue weighted by molar-refractivity contribution is 5.76. The van der Waals surface area contributed by atoms with Gasteiger partial charge >= 0.3 is 0 Å². The third kappa shape index (κ3) is 4.95. The molecule has 0 aliphatic rings. The molecule has 1 amide bonds. The number of amides is 1. The monoisotopic (exact) mass is 282 g/mol. The molecule has 0 spiro atoms. The first-order chi connectivity index (χ1) is 10.1. The van der Waals surface area contributed by atoms with Gasteiger partial charge < -0.3 is 11.1 Å². The van der Waals surface area contributed by atoms with E-state index in [1.807, 2.05) is 42.5 Å². The standard InChI is InChI=1S/C18H22N2O/c1-14(16-7-9-17(19)10-8-16)13-18(21)20-12-11-15-5-3-2-4-6-15/h2-10,14H,11-13,19H2,1H3,(H,20,21). The maximum atomic E-state index is 11.9. The van der Waals surface area contributed by atoms with E-state index in [4.69, 9.17) is 5.73 Å². The molecule has 0 aliphatic heterocycles. The summed E-state index contributed by atoms with van der Waals surface area (Å²) in [5.74, 6) is 0.289. The van der Waals surface area contributed by atoms with Crippen molar-refractivity contribution in [3.05, 3.63) is 65.7 Å². The molecule has 110 valence electrons. The van der Waals surface area contributed by atoms with Crippen molar-refractivity contribution < 1.29 is 4.79 Å². The minimum absolute atomic E-state index is 0.0928. The Bertz CT molecular complexity index is 564. The smallest absolute Gasteiger partial charge is 0.220 e. The van der Waals surface area contributed by atoms with Gasteiger partial charge in [-0.25, -0.2) is 0 Å². The van der Waals surface area contributed by atoms with Gasteiger partial charge in [0, 0.05) is 18.7 Å². The Balaban J connectivity index is 1.75. The van der Waals surface area contributed by atoms with Crippen molar-refractivity contribution in [1.82, 2.24) is 5.32 Å². The summed E-state index contributed by atoms with van der Waals surface area (Å²) in [5, 5.41) is 2.98. The zero-order chi connectivity index (χ0) is 15.1. The van der Waals surface area contributed by atoms with Crippen LogP contribution in [0.1, 0.15) is 30.4 Å². The molecule has 2 aromatic rings. The summed E-state index contributed by atoms with van der Waals surface area (Å²) in [5.41, 5.74) is 8.80. The Morgan fingerprint density at radius 2 is 1.76 bits per heavy atom. The van der Waals surface area contributed by atoms with E-state index in [-0.39, 0.29) is 11.8 Å². The third-order valence-corrected chi connectivity index (χ3v) is 3.58. The summed E-state index contributed by atoms with van der Waals surface area (Å²) in [6.07, 6.45) is 1.36. The fourth-order valence-corrected chi connectivity index (χ4v) is 2.28. The van der Waals surface area contributed by atoms with Gasteiger partial charge in [-0.15, -0.1) is 0 Å². The number of benzene rings is 2. The van der Waals surface area contributed by atoms with Crippen LogP contribution in [-0.2, 0) is 11.2 Å². The Morgan fingerprint density at radius 3 is 2.43 bits per heavy atom. The summed E-state index contributed by atoms with van der Waals surface area (Å²) in [6, 6.07) is 17.9. The van der Waals surface area contributed by atoms with Crippen molar-refractivity contribution >= 4 is 11.6 Å². The van der Waals surface area contributed by atoms with Crippen LogP contribution in [0.5, 0.6) is 0 Å². The van der Waals surface area contributed by atoms with Crippen molar-refractivity contribution in [1.29, 1.82) is 0 Å². The molecule has 1 unspecified atom stereocenters. The van der Waals surface area contributed by atoms with Gasteiger partial charge in [0.1, 0.15) is 0 Å². The van der Waals surface area contributed by atoms with Crippen molar-refractivity contribution in [2.24, 2.45) is 0 Å². The summed E-state index contributed by atoms with van der Waals surface area (Å²) in [6.45, 7) is 2.74. The molecule has 0 saturated carbocycles. The summed E-state index contributed by atoms with van der Waals surface area (Å²) in [4.78, 5) is 11.9. The van der Waals surface area contributed by atoms with E-state index in [0.29, 0.717) is 13.0 Å². The molecule has 3 N–H and O–H groups in total. The minimum Gasteiger partial charge on any atom is -0.399 e. The molecular weight excluding hydrogens is 260 g/mol. The van der Waals surface area contributed by atoms with E-state index in [0.717, 1.165) is 17.7 Å². The lowest BCUT2D eigenvalue weighted by Gasteiger charge is -2.12. The number of carbonyl (C=O) groups excluding carboxylic acids is 1. The lowest BCUT2D eigenvalue weighted by Crippen LogP contribution is -2.26. The predicted molar refractivity (Wildman–Crippen MR) is 87.0 cm³/mol. The van der Waals surface area contributed by atoms with E-state index in [1.54, 1.807) is 0 Å². The lowest BCUT2D eigenvalue weighted by atomic mass is 9.97. The zero-order valence-corrected chi connectivity index (χ0v) is 12.4. The van der Waals surface area contributed by atoms with Crippen LogP contribution in [0.4, 0.5) is 5.69 Å². The average Bonchev–Trinajstić information content (AvgIpc) is 2.49. The zero-order valence-electron chi connectivity index (χ0n) is 12.4. The summed E-state index contributed by atoms with van der Waals surface area (Å²) >= 11 is 0. The van der Waals surface area contributed by atoms with E-state index < -0.39 is 0 Å². The number of nitrogens with two attached hydrogens (primary N) is 1. The topological polar surface area (TPSA) is 55.1 Å². The molecule has 2 aromatic carbocycles. The molecule has 0 aromatic heterocycles. The molecule has 0 saturated heterocycles. The van der Waals surface area contributed by atoms with Gasteiger partial charge in [0.05, 0.1) is 0 Å². The van der Waals surface area contributed by atoms with Gasteiger partial charge in [-0.2, -0.15) is 0 Å². The van der Waals surface area contributed by atoms with Crippen molar-refractivity contribution in [3.8, 4) is 0 Å². The Labute approximate surface area is 126 Å². The largest absolute Gasteiger partial charge is 0.399 e. The highest BCUT2D eigenvalue weighted by Crippen LogP contribution is 2.19. The van der Waals surface area contributed by atoms with Crippen LogP contribution in [-0.4, -0.2) is 12.5 Å². The number of nitrogens with one attached hydrogen (secondary N) is 1. The number of carbonyl (C=O) groups is 1. The Morgan fingerprint density at radius 1 is 1.10 bits per heavy atom. The van der Waals surface area contributed by atoms with Gasteiger partial charge in [-0.3, -0.25) is 4.79 Å². The van der Waals surface area contributed by atoms with Crippen molar-refractivity contribution in [3.63, 3.8) is 0 Å². The second-order valence-electron chi connectivity index (χ2n) is 5.36. The first-order valence-corrected chi connectivity index (χ1v) is 7.31. The molecule has 1 atom stereocenters. The number of rotatable bonds is 6. The number of nitrogen functional groups attached to an aromatic ring is 1. The van der Waals surface area contributed by atoms with Crippen LogP contribution in [0.15, 0.2) is 54.6 Å². The van der Waals surface area contributed by atoms with Crippen LogP contribution in [0.3, 0.4) is 0 Å². The van der Waals surface area contributed by atoms with Gasteiger partial charge in [0.15, 0.2) is 0 Å². The van der Waals surface area contributed by atoms with Gasteiger partial charge in [0.25, 0.3) is 0 Å². The first-order valence-electron chi connectivity index (χ1n) is 7.31. The fourth-order valence-electron chi connectivity index (χ4n) is 2.28. The van der Waals surface area contributed by atoms with Crippen LogP contribution in [0.2, 0.25) is 0 Å². The van der Waals surface area contributed by atoms with Gasteiger partial charge in [-0.05, 0) is 35.6 Å².